The summed E-state index contributed by atoms with van der Waals surface area (Å²) in [6.07, 6.45) is 2.85. The van der Waals surface area contributed by atoms with Gasteiger partial charge in [-0.1, -0.05) is 0 Å². The van der Waals surface area contributed by atoms with Gasteiger partial charge >= 0.3 is 0 Å². The van der Waals surface area contributed by atoms with E-state index in [0.29, 0.717) is 0 Å². The van der Waals surface area contributed by atoms with Crippen molar-refractivity contribution in [2.75, 3.05) is 20.1 Å². The van der Waals surface area contributed by atoms with Crippen LogP contribution in [0.15, 0.2) is 0 Å². The maximum Gasteiger partial charge on any atom is 0.0104 e. The Morgan fingerprint density at radius 1 is 1.60 bits per heavy atom. The minimum atomic E-state index is 0.753. The Morgan fingerprint density at radius 2 is 2.20 bits per heavy atom. The number of likely N-dealkylation sites (N-methyl/N-ethyl adjacent to an activating group) is 1. The molecule has 0 aromatic rings. The second-order valence-electron chi connectivity index (χ2n) is 3.35. The minimum absolute atomic E-state index is 0.753. The molecule has 60 valence electrons. The molecule has 0 saturated heterocycles. The van der Waals surface area contributed by atoms with Crippen molar-refractivity contribution >= 4 is 0 Å². The fraction of sp³-hybridized carbons (Fsp3) is 1.00. The molecule has 10 heavy (non-hydrogen) atoms. The van der Waals surface area contributed by atoms with E-state index < -0.39 is 0 Å². The fourth-order valence-corrected chi connectivity index (χ4v) is 1.35. The van der Waals surface area contributed by atoms with E-state index in [1.807, 2.05) is 0 Å². The van der Waals surface area contributed by atoms with Gasteiger partial charge in [-0.15, -0.1) is 0 Å². The number of nitrogens with zero attached hydrogens (tertiary/aromatic N) is 1. The predicted molar refractivity (Wildman–Crippen MR) is 43.9 cm³/mol. The van der Waals surface area contributed by atoms with Gasteiger partial charge in [-0.3, -0.25) is 0 Å². The van der Waals surface area contributed by atoms with Crippen molar-refractivity contribution in [2.24, 2.45) is 11.7 Å². The molecule has 0 unspecified atom stereocenters. The maximum atomic E-state index is 5.45. The van der Waals surface area contributed by atoms with Crippen molar-refractivity contribution in [3.05, 3.63) is 0 Å². The third-order valence-corrected chi connectivity index (χ3v) is 2.48. The van der Waals surface area contributed by atoms with E-state index in [1.54, 1.807) is 0 Å². The average molecular weight is 142 g/mol. The molecule has 0 spiro atoms. The molecule has 0 heterocycles. The first-order chi connectivity index (χ1) is 4.75. The monoisotopic (exact) mass is 142 g/mol. The van der Waals surface area contributed by atoms with E-state index >= 15 is 0 Å². The maximum absolute atomic E-state index is 5.45. The van der Waals surface area contributed by atoms with Crippen molar-refractivity contribution in [2.45, 2.75) is 25.8 Å². The SMILES string of the molecule is C[C@@H](C1CC1)N(C)CCN. The lowest BCUT2D eigenvalue weighted by atomic mass is 10.2. The van der Waals surface area contributed by atoms with Crippen LogP contribution >= 0.6 is 0 Å². The van der Waals surface area contributed by atoms with Crippen LogP contribution in [0.4, 0.5) is 0 Å². The summed E-state index contributed by atoms with van der Waals surface area (Å²) in [6.45, 7) is 4.12. The van der Waals surface area contributed by atoms with E-state index in [0.717, 1.165) is 25.0 Å². The first-order valence-electron chi connectivity index (χ1n) is 4.16. The molecule has 1 rings (SSSR count). The van der Waals surface area contributed by atoms with Crippen LogP contribution in [0, 0.1) is 5.92 Å². The van der Waals surface area contributed by atoms with Gasteiger partial charge in [-0.25, -0.2) is 0 Å². The first kappa shape index (κ1) is 8.02. The summed E-state index contributed by atoms with van der Waals surface area (Å²) in [4.78, 5) is 2.36. The zero-order valence-electron chi connectivity index (χ0n) is 7.01. The summed E-state index contributed by atoms with van der Waals surface area (Å²) in [7, 11) is 2.16. The average Bonchev–Trinajstić information content (AvgIpc) is 2.68. The predicted octanol–water partition coefficient (Wildman–Crippen LogP) is 0.675. The van der Waals surface area contributed by atoms with Gasteiger partial charge in [0.2, 0.25) is 0 Å². The molecular weight excluding hydrogens is 124 g/mol. The highest BCUT2D eigenvalue weighted by Crippen LogP contribution is 2.34. The Morgan fingerprint density at radius 3 is 2.60 bits per heavy atom. The number of rotatable bonds is 4. The van der Waals surface area contributed by atoms with Gasteiger partial charge in [-0.05, 0) is 32.7 Å². The fourth-order valence-electron chi connectivity index (χ4n) is 1.35. The van der Waals surface area contributed by atoms with E-state index in [-0.39, 0.29) is 0 Å². The lowest BCUT2D eigenvalue weighted by Gasteiger charge is -2.23. The normalized spacial score (nSPS) is 21.6. The van der Waals surface area contributed by atoms with Crippen LogP contribution in [0.25, 0.3) is 0 Å². The molecule has 0 aromatic heterocycles. The summed E-state index contributed by atoms with van der Waals surface area (Å²) in [5.74, 6) is 0.969. The van der Waals surface area contributed by atoms with E-state index in [9.17, 15) is 0 Å². The van der Waals surface area contributed by atoms with Gasteiger partial charge in [0.1, 0.15) is 0 Å². The molecule has 1 saturated carbocycles. The molecule has 0 amide bonds. The quantitative estimate of drug-likeness (QED) is 0.625. The van der Waals surface area contributed by atoms with Crippen LogP contribution in [-0.4, -0.2) is 31.1 Å². The van der Waals surface area contributed by atoms with Gasteiger partial charge in [0.05, 0.1) is 0 Å². The third kappa shape index (κ3) is 1.96. The summed E-state index contributed by atoms with van der Waals surface area (Å²) < 4.78 is 0. The molecule has 0 aliphatic heterocycles. The van der Waals surface area contributed by atoms with Crippen molar-refractivity contribution in [1.29, 1.82) is 0 Å². The molecule has 2 heteroatoms. The summed E-state index contributed by atoms with van der Waals surface area (Å²) in [5, 5.41) is 0. The van der Waals surface area contributed by atoms with Crippen molar-refractivity contribution < 1.29 is 0 Å². The Kier molecular flexibility index (Phi) is 2.69. The molecule has 1 atom stereocenters. The van der Waals surface area contributed by atoms with E-state index in [1.165, 1.54) is 12.8 Å². The first-order valence-corrected chi connectivity index (χ1v) is 4.16. The van der Waals surface area contributed by atoms with Gasteiger partial charge < -0.3 is 10.6 Å². The Balaban J connectivity index is 2.17. The Hall–Kier alpha value is -0.0800. The molecule has 2 N–H and O–H groups in total. The van der Waals surface area contributed by atoms with Gasteiger partial charge in [0, 0.05) is 19.1 Å². The van der Waals surface area contributed by atoms with Crippen LogP contribution in [0.2, 0.25) is 0 Å². The summed E-state index contributed by atoms with van der Waals surface area (Å²) >= 11 is 0. The second-order valence-corrected chi connectivity index (χ2v) is 3.35. The van der Waals surface area contributed by atoms with Crippen molar-refractivity contribution in [1.82, 2.24) is 4.90 Å². The van der Waals surface area contributed by atoms with Crippen LogP contribution in [0.1, 0.15) is 19.8 Å². The molecular formula is C8H18N2. The Labute approximate surface area is 63.4 Å². The van der Waals surface area contributed by atoms with Gasteiger partial charge in [0.25, 0.3) is 0 Å². The number of hydrogen-bond acceptors (Lipinski definition) is 2. The highest BCUT2D eigenvalue weighted by molar-refractivity contribution is 4.83. The zero-order chi connectivity index (χ0) is 7.56. The minimum Gasteiger partial charge on any atom is -0.329 e. The van der Waals surface area contributed by atoms with Gasteiger partial charge in [-0.2, -0.15) is 0 Å². The smallest absolute Gasteiger partial charge is 0.0104 e. The molecule has 2 nitrogen and oxygen atoms in total. The van der Waals surface area contributed by atoms with Crippen molar-refractivity contribution in [3.8, 4) is 0 Å². The summed E-state index contributed by atoms with van der Waals surface area (Å²) in [5.41, 5.74) is 5.45. The molecule has 1 aliphatic carbocycles. The largest absolute Gasteiger partial charge is 0.329 e. The molecule has 1 fully saturated rings. The number of nitrogens with two attached hydrogens (primary N) is 1. The highest BCUT2D eigenvalue weighted by atomic mass is 15.1. The van der Waals surface area contributed by atoms with Crippen LogP contribution in [-0.2, 0) is 0 Å². The van der Waals surface area contributed by atoms with Crippen LogP contribution < -0.4 is 5.73 Å². The van der Waals surface area contributed by atoms with Crippen LogP contribution in [0.3, 0.4) is 0 Å². The lowest BCUT2D eigenvalue weighted by Crippen LogP contribution is -2.34. The van der Waals surface area contributed by atoms with Gasteiger partial charge in [0.15, 0.2) is 0 Å². The molecule has 1 aliphatic rings. The third-order valence-electron chi connectivity index (χ3n) is 2.48. The second kappa shape index (κ2) is 3.35. The number of hydrogen-bond donors (Lipinski definition) is 1. The van der Waals surface area contributed by atoms with Crippen molar-refractivity contribution in [3.63, 3.8) is 0 Å². The van der Waals surface area contributed by atoms with Crippen LogP contribution in [0.5, 0.6) is 0 Å². The van der Waals surface area contributed by atoms with E-state index in [2.05, 4.69) is 18.9 Å². The molecule has 0 bridgehead atoms. The zero-order valence-corrected chi connectivity index (χ0v) is 7.01. The topological polar surface area (TPSA) is 29.3 Å². The molecule has 0 radical (unpaired) electrons. The molecule has 0 aromatic carbocycles. The Bertz CT molecular complexity index is 99.4. The highest BCUT2D eigenvalue weighted by Gasteiger charge is 2.29. The standard InChI is InChI=1S/C8H18N2/c1-7(8-3-4-8)10(2)6-5-9/h7-8H,3-6,9H2,1-2H3/t7-/m0/s1. The summed E-state index contributed by atoms with van der Waals surface area (Å²) in [6, 6.07) is 0.753. The van der Waals surface area contributed by atoms with E-state index in [4.69, 9.17) is 5.73 Å². The lowest BCUT2D eigenvalue weighted by molar-refractivity contribution is 0.241.